The van der Waals surface area contributed by atoms with Crippen LogP contribution in [0.5, 0.6) is 0 Å². The summed E-state index contributed by atoms with van der Waals surface area (Å²) < 4.78 is 1.88. The van der Waals surface area contributed by atoms with Crippen LogP contribution in [0.4, 0.5) is 0 Å². The predicted octanol–water partition coefficient (Wildman–Crippen LogP) is 2.99. The highest BCUT2D eigenvalue weighted by Gasteiger charge is 2.25. The summed E-state index contributed by atoms with van der Waals surface area (Å²) in [5.74, 6) is 0.0706. The third kappa shape index (κ3) is 3.93. The highest BCUT2D eigenvalue weighted by atomic mass is 16.2. The van der Waals surface area contributed by atoms with E-state index in [1.165, 1.54) is 5.56 Å². The lowest BCUT2D eigenvalue weighted by Crippen LogP contribution is -2.47. The molecule has 5 heteroatoms. The van der Waals surface area contributed by atoms with Crippen LogP contribution < -0.4 is 0 Å². The first kappa shape index (κ1) is 17.5. The first-order valence-corrected chi connectivity index (χ1v) is 9.35. The van der Waals surface area contributed by atoms with E-state index in [2.05, 4.69) is 24.1 Å². The standard InChI is InChI=1S/C22H24N4O/c1-24-12-14-25(15-13-24)22(27)20-17-26(16-18-8-4-2-5-9-18)23-21(20)19-10-6-3-7-11-19/h2-11,17H,12-16H2,1H3. The van der Waals surface area contributed by atoms with E-state index in [-0.39, 0.29) is 5.91 Å². The number of carbonyl (C=O) groups is 1. The fraction of sp³-hybridized carbons (Fsp3) is 0.273. The number of hydrogen-bond donors (Lipinski definition) is 0. The summed E-state index contributed by atoms with van der Waals surface area (Å²) in [6.45, 7) is 3.98. The molecule has 0 saturated carbocycles. The van der Waals surface area contributed by atoms with E-state index in [4.69, 9.17) is 5.10 Å². The molecule has 0 radical (unpaired) electrons. The molecule has 3 aromatic rings. The number of aromatic nitrogens is 2. The summed E-state index contributed by atoms with van der Waals surface area (Å²) in [4.78, 5) is 17.4. The minimum atomic E-state index is 0.0706. The third-order valence-corrected chi connectivity index (χ3v) is 5.02. The molecule has 0 spiro atoms. The minimum absolute atomic E-state index is 0.0706. The average Bonchev–Trinajstić information content (AvgIpc) is 3.13. The van der Waals surface area contributed by atoms with Crippen LogP contribution in [0.3, 0.4) is 0 Å². The topological polar surface area (TPSA) is 41.4 Å². The van der Waals surface area contributed by atoms with Gasteiger partial charge in [-0.05, 0) is 12.6 Å². The van der Waals surface area contributed by atoms with Crippen LogP contribution in [0.15, 0.2) is 66.9 Å². The molecule has 4 rings (SSSR count). The Morgan fingerprint density at radius 3 is 2.22 bits per heavy atom. The highest BCUT2D eigenvalue weighted by Crippen LogP contribution is 2.24. The van der Waals surface area contributed by atoms with Crippen molar-refractivity contribution in [2.24, 2.45) is 0 Å². The minimum Gasteiger partial charge on any atom is -0.336 e. The Labute approximate surface area is 159 Å². The number of benzene rings is 2. The van der Waals surface area contributed by atoms with Gasteiger partial charge in [-0.1, -0.05) is 60.7 Å². The molecule has 0 atom stereocenters. The van der Waals surface area contributed by atoms with Crippen molar-refractivity contribution in [3.8, 4) is 11.3 Å². The monoisotopic (exact) mass is 360 g/mol. The number of piperazine rings is 1. The van der Waals surface area contributed by atoms with Crippen LogP contribution in [0.2, 0.25) is 0 Å². The van der Waals surface area contributed by atoms with Crippen LogP contribution in [-0.2, 0) is 6.54 Å². The lowest BCUT2D eigenvalue weighted by Gasteiger charge is -2.32. The number of nitrogens with zero attached hydrogens (tertiary/aromatic N) is 4. The van der Waals surface area contributed by atoms with Gasteiger partial charge in [-0.15, -0.1) is 0 Å². The molecule has 1 saturated heterocycles. The fourth-order valence-corrected chi connectivity index (χ4v) is 3.42. The largest absolute Gasteiger partial charge is 0.336 e. The molecular weight excluding hydrogens is 336 g/mol. The van der Waals surface area contributed by atoms with Gasteiger partial charge in [0, 0.05) is 37.9 Å². The lowest BCUT2D eigenvalue weighted by atomic mass is 10.1. The second-order valence-electron chi connectivity index (χ2n) is 7.04. The normalized spacial score (nSPS) is 15.1. The highest BCUT2D eigenvalue weighted by molar-refractivity contribution is 5.99. The van der Waals surface area contributed by atoms with Crippen LogP contribution in [0.25, 0.3) is 11.3 Å². The second kappa shape index (κ2) is 7.76. The summed E-state index contributed by atoms with van der Waals surface area (Å²) in [5.41, 5.74) is 3.58. The number of rotatable bonds is 4. The number of hydrogen-bond acceptors (Lipinski definition) is 3. The Bertz CT molecular complexity index is 897. The van der Waals surface area contributed by atoms with Gasteiger partial charge in [0.2, 0.25) is 0 Å². The van der Waals surface area contributed by atoms with Gasteiger partial charge in [0.1, 0.15) is 5.69 Å². The third-order valence-electron chi connectivity index (χ3n) is 5.02. The van der Waals surface area contributed by atoms with Crippen LogP contribution in [-0.4, -0.2) is 58.7 Å². The first-order chi connectivity index (χ1) is 13.2. The smallest absolute Gasteiger partial charge is 0.257 e. The van der Waals surface area contributed by atoms with Crippen molar-refractivity contribution in [3.05, 3.63) is 78.0 Å². The molecule has 27 heavy (non-hydrogen) atoms. The summed E-state index contributed by atoms with van der Waals surface area (Å²) in [6.07, 6.45) is 1.90. The summed E-state index contributed by atoms with van der Waals surface area (Å²) >= 11 is 0. The zero-order chi connectivity index (χ0) is 18.6. The van der Waals surface area contributed by atoms with Crippen molar-refractivity contribution in [3.63, 3.8) is 0 Å². The molecule has 2 aromatic carbocycles. The maximum Gasteiger partial charge on any atom is 0.257 e. The summed E-state index contributed by atoms with van der Waals surface area (Å²) in [6, 6.07) is 20.2. The quantitative estimate of drug-likeness (QED) is 0.718. The molecule has 138 valence electrons. The number of carbonyl (C=O) groups excluding carboxylic acids is 1. The zero-order valence-corrected chi connectivity index (χ0v) is 15.6. The van der Waals surface area contributed by atoms with Gasteiger partial charge >= 0.3 is 0 Å². The maximum atomic E-state index is 13.2. The van der Waals surface area contributed by atoms with Gasteiger partial charge in [0.05, 0.1) is 12.1 Å². The van der Waals surface area contributed by atoms with E-state index >= 15 is 0 Å². The van der Waals surface area contributed by atoms with E-state index < -0.39 is 0 Å². The summed E-state index contributed by atoms with van der Waals surface area (Å²) in [5, 5.41) is 4.77. The molecule has 0 bridgehead atoms. The van der Waals surface area contributed by atoms with Crippen molar-refractivity contribution in [1.82, 2.24) is 19.6 Å². The zero-order valence-electron chi connectivity index (χ0n) is 15.6. The van der Waals surface area contributed by atoms with Gasteiger partial charge in [-0.2, -0.15) is 5.10 Å². The van der Waals surface area contributed by atoms with E-state index in [1.807, 2.05) is 64.3 Å². The molecule has 0 aliphatic carbocycles. The molecule has 0 unspecified atom stereocenters. The van der Waals surface area contributed by atoms with Gasteiger partial charge in [-0.3, -0.25) is 9.48 Å². The van der Waals surface area contributed by atoms with Crippen molar-refractivity contribution in [2.75, 3.05) is 33.2 Å². The van der Waals surface area contributed by atoms with Crippen molar-refractivity contribution in [2.45, 2.75) is 6.54 Å². The van der Waals surface area contributed by atoms with Gasteiger partial charge < -0.3 is 9.80 Å². The maximum absolute atomic E-state index is 13.2. The molecule has 2 heterocycles. The predicted molar refractivity (Wildman–Crippen MR) is 107 cm³/mol. The van der Waals surface area contributed by atoms with Crippen LogP contribution in [0.1, 0.15) is 15.9 Å². The van der Waals surface area contributed by atoms with E-state index in [0.717, 1.165) is 37.4 Å². The van der Waals surface area contributed by atoms with Crippen molar-refractivity contribution >= 4 is 5.91 Å². The molecule has 1 aliphatic heterocycles. The summed E-state index contributed by atoms with van der Waals surface area (Å²) in [7, 11) is 2.09. The Morgan fingerprint density at radius 2 is 1.56 bits per heavy atom. The molecular formula is C22H24N4O. The van der Waals surface area contributed by atoms with Gasteiger partial charge in [-0.25, -0.2) is 0 Å². The molecule has 1 aliphatic rings. The van der Waals surface area contributed by atoms with Crippen molar-refractivity contribution in [1.29, 1.82) is 0 Å². The molecule has 5 nitrogen and oxygen atoms in total. The van der Waals surface area contributed by atoms with Crippen molar-refractivity contribution < 1.29 is 4.79 Å². The average molecular weight is 360 g/mol. The van der Waals surface area contributed by atoms with E-state index in [9.17, 15) is 4.79 Å². The van der Waals surface area contributed by atoms with Gasteiger partial charge in [0.25, 0.3) is 5.91 Å². The number of amides is 1. The Balaban J connectivity index is 1.67. The van der Waals surface area contributed by atoms with Gasteiger partial charge in [0.15, 0.2) is 0 Å². The van der Waals surface area contributed by atoms with E-state index in [0.29, 0.717) is 12.1 Å². The Hall–Kier alpha value is -2.92. The van der Waals surface area contributed by atoms with Crippen LogP contribution >= 0.6 is 0 Å². The molecule has 1 amide bonds. The second-order valence-corrected chi connectivity index (χ2v) is 7.04. The number of likely N-dealkylation sites (N-methyl/N-ethyl adjacent to an activating group) is 1. The Morgan fingerprint density at radius 1 is 0.926 bits per heavy atom. The van der Waals surface area contributed by atoms with E-state index in [1.54, 1.807) is 0 Å². The fourth-order valence-electron chi connectivity index (χ4n) is 3.42. The SMILES string of the molecule is CN1CCN(C(=O)c2cn(Cc3ccccc3)nc2-c2ccccc2)CC1. The first-order valence-electron chi connectivity index (χ1n) is 9.35. The van der Waals surface area contributed by atoms with Crippen LogP contribution in [0, 0.1) is 0 Å². The Kier molecular flexibility index (Phi) is 5.03. The lowest BCUT2D eigenvalue weighted by molar-refractivity contribution is 0.0665. The molecule has 1 fully saturated rings. The molecule has 1 aromatic heterocycles. The molecule has 0 N–H and O–H groups in total.